The smallest absolute Gasteiger partial charge is 0.202 e. The first-order chi connectivity index (χ1) is 23.0. The highest BCUT2D eigenvalue weighted by Crippen LogP contribution is 2.42. The molecule has 12 heteroatoms. The fourth-order valence-electron chi connectivity index (χ4n) is 6.66. The fourth-order valence-corrected chi connectivity index (χ4v) is 6.94. The van der Waals surface area contributed by atoms with Crippen LogP contribution in [0.5, 0.6) is 11.5 Å². The average Bonchev–Trinajstić information content (AvgIpc) is 3.71. The number of hydrogen-bond donors (Lipinski definition) is 3. The van der Waals surface area contributed by atoms with E-state index in [2.05, 4.69) is 49.8 Å². The van der Waals surface area contributed by atoms with Gasteiger partial charge < -0.3 is 29.7 Å². The second-order valence-electron chi connectivity index (χ2n) is 12.3. The summed E-state index contributed by atoms with van der Waals surface area (Å²) in [5.74, 6) is 3.08. The van der Waals surface area contributed by atoms with Crippen molar-refractivity contribution < 1.29 is 14.2 Å². The molecule has 0 amide bonds. The number of aromatic amines is 1. The van der Waals surface area contributed by atoms with Crippen molar-refractivity contribution in [1.29, 1.82) is 0 Å². The van der Waals surface area contributed by atoms with Gasteiger partial charge in [0.15, 0.2) is 0 Å². The predicted octanol–water partition coefficient (Wildman–Crippen LogP) is 6.03. The number of fused-ring (bicyclic) bond motifs is 1. The number of H-pyrrole nitrogens is 1. The molecule has 5 heterocycles. The first kappa shape index (κ1) is 31.2. The molecule has 5 aromatic rings. The second-order valence-corrected chi connectivity index (χ2v) is 12.7. The Morgan fingerprint density at radius 1 is 1.02 bits per heavy atom. The van der Waals surface area contributed by atoms with Gasteiger partial charge in [-0.15, -0.1) is 0 Å². The molecule has 2 fully saturated rings. The zero-order valence-electron chi connectivity index (χ0n) is 26.8. The van der Waals surface area contributed by atoms with E-state index < -0.39 is 0 Å². The van der Waals surface area contributed by atoms with Crippen LogP contribution in [-0.2, 0) is 11.3 Å². The molecule has 0 aliphatic carbocycles. The molecular weight excluding hydrogens is 616 g/mol. The summed E-state index contributed by atoms with van der Waals surface area (Å²) in [5, 5.41) is 15.3. The molecule has 11 nitrogen and oxygen atoms in total. The van der Waals surface area contributed by atoms with E-state index in [9.17, 15) is 0 Å². The molecule has 2 aromatic carbocycles. The average molecular weight is 655 g/mol. The number of anilines is 2. The van der Waals surface area contributed by atoms with Crippen LogP contribution in [0.1, 0.15) is 36.9 Å². The van der Waals surface area contributed by atoms with Crippen molar-refractivity contribution in [2.45, 2.75) is 38.4 Å². The van der Waals surface area contributed by atoms with Crippen molar-refractivity contribution >= 4 is 34.4 Å². The van der Waals surface area contributed by atoms with Gasteiger partial charge in [-0.1, -0.05) is 35.9 Å². The minimum Gasteiger partial charge on any atom is -0.497 e. The third-order valence-electron chi connectivity index (χ3n) is 9.59. The topological polar surface area (TPSA) is 122 Å². The molecule has 2 aliphatic heterocycles. The number of rotatable bonds is 10. The number of aromatic nitrogens is 5. The standard InChI is InChI=1S/C35H39ClN8O3/c1-22(24-6-10-26(46-3)11-7-24)40-28-20-47-21-35(28)13-16-44(17-14-35)29-19-38-32-31(42-43-34(32)41-29)27-12-15-37-33(30(27)36)39-18-23-4-8-25(45-2)9-5-23/h4-12,15,19,22,28,40H,13-14,16-18,20-21H2,1-3H3,(H,37,39)(H,41,42,43)/t22-,28?/m1/s1. The lowest BCUT2D eigenvalue weighted by Gasteiger charge is -2.43. The molecule has 7 rings (SSSR count). The summed E-state index contributed by atoms with van der Waals surface area (Å²) in [6.07, 6.45) is 5.57. The maximum absolute atomic E-state index is 6.85. The molecular formula is C35H39ClN8O3. The minimum absolute atomic E-state index is 0.0888. The summed E-state index contributed by atoms with van der Waals surface area (Å²) < 4.78 is 16.6. The van der Waals surface area contributed by atoms with Gasteiger partial charge in [0, 0.05) is 48.9 Å². The van der Waals surface area contributed by atoms with E-state index in [1.54, 1.807) is 20.4 Å². The predicted molar refractivity (Wildman–Crippen MR) is 183 cm³/mol. The van der Waals surface area contributed by atoms with Crippen molar-refractivity contribution in [3.63, 3.8) is 0 Å². The zero-order chi connectivity index (χ0) is 32.4. The van der Waals surface area contributed by atoms with Gasteiger partial charge in [-0.25, -0.2) is 15.0 Å². The number of hydrogen-bond acceptors (Lipinski definition) is 10. The number of pyridine rings is 1. The third-order valence-corrected chi connectivity index (χ3v) is 9.98. The van der Waals surface area contributed by atoms with Crippen molar-refractivity contribution in [2.24, 2.45) is 5.41 Å². The lowest BCUT2D eigenvalue weighted by Crippen LogP contribution is -2.51. The molecule has 3 N–H and O–H groups in total. The van der Waals surface area contributed by atoms with E-state index >= 15 is 0 Å². The maximum atomic E-state index is 6.85. The largest absolute Gasteiger partial charge is 0.497 e. The maximum Gasteiger partial charge on any atom is 0.202 e. The molecule has 1 spiro atoms. The summed E-state index contributed by atoms with van der Waals surface area (Å²) in [7, 11) is 3.35. The van der Waals surface area contributed by atoms with Gasteiger partial charge in [-0.2, -0.15) is 5.10 Å². The number of halogens is 1. The van der Waals surface area contributed by atoms with E-state index in [1.807, 2.05) is 48.7 Å². The van der Waals surface area contributed by atoms with Gasteiger partial charge in [0.2, 0.25) is 5.65 Å². The first-order valence-corrected chi connectivity index (χ1v) is 16.3. The Kier molecular flexibility index (Phi) is 8.85. The molecule has 47 heavy (non-hydrogen) atoms. The number of nitrogens with one attached hydrogen (secondary N) is 3. The number of methoxy groups -OCH3 is 2. The Balaban J connectivity index is 1.02. The molecule has 1 unspecified atom stereocenters. The van der Waals surface area contributed by atoms with E-state index in [0.29, 0.717) is 34.2 Å². The van der Waals surface area contributed by atoms with Crippen molar-refractivity contribution in [2.75, 3.05) is 50.7 Å². The van der Waals surface area contributed by atoms with Gasteiger partial charge in [-0.3, -0.25) is 5.10 Å². The number of nitrogens with zero attached hydrogens (tertiary/aromatic N) is 5. The van der Waals surface area contributed by atoms with Crippen molar-refractivity contribution in [3.05, 3.63) is 83.1 Å². The van der Waals surface area contributed by atoms with Crippen molar-refractivity contribution in [1.82, 2.24) is 30.5 Å². The number of ether oxygens (including phenoxy) is 3. The van der Waals surface area contributed by atoms with Gasteiger partial charge in [0.05, 0.1) is 44.3 Å². The highest BCUT2D eigenvalue weighted by molar-refractivity contribution is 6.35. The SMILES string of the molecule is COc1ccc(CNc2nccc(-c3[nH]nc4nc(N5CCC6(CC5)COCC6N[C@H](C)c5ccc(OC)cc5)cnc34)c2Cl)cc1. The minimum atomic E-state index is 0.0888. The monoisotopic (exact) mass is 654 g/mol. The molecule has 2 aliphatic rings. The van der Waals surface area contributed by atoms with Crippen LogP contribution in [0.2, 0.25) is 5.02 Å². The Hall–Kier alpha value is -4.45. The van der Waals surface area contributed by atoms with Crippen LogP contribution >= 0.6 is 11.6 Å². The highest BCUT2D eigenvalue weighted by atomic mass is 35.5. The lowest BCUT2D eigenvalue weighted by atomic mass is 9.74. The van der Waals surface area contributed by atoms with Crippen molar-refractivity contribution in [3.8, 4) is 22.8 Å². The summed E-state index contributed by atoms with van der Waals surface area (Å²) in [4.78, 5) is 16.5. The van der Waals surface area contributed by atoms with E-state index in [4.69, 9.17) is 35.8 Å². The number of benzene rings is 2. The summed E-state index contributed by atoms with van der Waals surface area (Å²) in [5.41, 5.74) is 5.09. The Bertz CT molecular complexity index is 1820. The van der Waals surface area contributed by atoms with Crippen LogP contribution in [-0.4, -0.2) is 71.7 Å². The molecule has 2 saturated heterocycles. The summed E-state index contributed by atoms with van der Waals surface area (Å²) >= 11 is 6.85. The Morgan fingerprint density at radius 3 is 2.47 bits per heavy atom. The molecule has 0 bridgehead atoms. The van der Waals surface area contributed by atoms with Crippen LogP contribution in [0.4, 0.5) is 11.6 Å². The fraction of sp³-hybridized carbons (Fsp3) is 0.371. The van der Waals surface area contributed by atoms with Crippen LogP contribution in [0.3, 0.4) is 0 Å². The first-order valence-electron chi connectivity index (χ1n) is 15.9. The molecule has 3 aromatic heterocycles. The van der Waals surface area contributed by atoms with Crippen LogP contribution in [0.15, 0.2) is 67.0 Å². The normalized spacial score (nSPS) is 18.0. The van der Waals surface area contributed by atoms with Gasteiger partial charge in [-0.05, 0) is 61.2 Å². The summed E-state index contributed by atoms with van der Waals surface area (Å²) in [6.45, 7) is 6.01. The van der Waals surface area contributed by atoms with Gasteiger partial charge in [0.25, 0.3) is 0 Å². The van der Waals surface area contributed by atoms with Crippen LogP contribution in [0.25, 0.3) is 22.4 Å². The molecule has 2 atom stereocenters. The van der Waals surface area contributed by atoms with Crippen LogP contribution in [0, 0.1) is 5.41 Å². The summed E-state index contributed by atoms with van der Waals surface area (Å²) in [6, 6.07) is 18.5. The second kappa shape index (κ2) is 13.3. The Morgan fingerprint density at radius 2 is 1.74 bits per heavy atom. The zero-order valence-corrected chi connectivity index (χ0v) is 27.6. The van der Waals surface area contributed by atoms with E-state index in [1.165, 1.54) is 5.56 Å². The van der Waals surface area contributed by atoms with Crippen LogP contribution < -0.4 is 25.0 Å². The number of piperidine rings is 1. The lowest BCUT2D eigenvalue weighted by molar-refractivity contribution is 0.128. The molecule has 0 saturated carbocycles. The third kappa shape index (κ3) is 6.30. The molecule has 0 radical (unpaired) electrons. The van der Waals surface area contributed by atoms with Gasteiger partial charge in [0.1, 0.15) is 28.7 Å². The van der Waals surface area contributed by atoms with E-state index in [-0.39, 0.29) is 17.5 Å². The highest BCUT2D eigenvalue weighted by Gasteiger charge is 2.46. The Labute approximate surface area is 279 Å². The molecule has 244 valence electrons. The quantitative estimate of drug-likeness (QED) is 0.164. The van der Waals surface area contributed by atoms with E-state index in [0.717, 1.165) is 67.6 Å². The van der Waals surface area contributed by atoms with Gasteiger partial charge >= 0.3 is 0 Å².